The molecule has 0 aromatic heterocycles. The van der Waals surface area contributed by atoms with E-state index in [4.69, 9.17) is 4.74 Å². The van der Waals surface area contributed by atoms with Gasteiger partial charge >= 0.3 is 6.03 Å². The second kappa shape index (κ2) is 9.57. The largest absolute Gasteiger partial charge is 0.496 e. The number of ether oxygens (including phenoxy) is 1. The zero-order valence-electron chi connectivity index (χ0n) is 16.2. The smallest absolute Gasteiger partial charge is 0.321 e. The molecule has 3 atom stereocenters. The number of benzene rings is 1. The van der Waals surface area contributed by atoms with Crippen LogP contribution in [0, 0.1) is 5.92 Å². The Balaban J connectivity index is 1.85. The molecule has 0 radical (unpaired) electrons. The van der Waals surface area contributed by atoms with Crippen molar-refractivity contribution < 1.29 is 14.3 Å². The number of likely N-dealkylation sites (N-methyl/N-ethyl adjacent to an activating group) is 1. The summed E-state index contributed by atoms with van der Waals surface area (Å²) >= 11 is 0. The monoisotopic (exact) mass is 361 g/mol. The van der Waals surface area contributed by atoms with Crippen molar-refractivity contribution in [2.45, 2.75) is 51.6 Å². The number of rotatable bonds is 6. The highest BCUT2D eigenvalue weighted by molar-refractivity contribution is 5.95. The van der Waals surface area contributed by atoms with Crippen LogP contribution in [-0.2, 0) is 4.79 Å². The zero-order chi connectivity index (χ0) is 19.1. The molecule has 0 bridgehead atoms. The van der Waals surface area contributed by atoms with Crippen molar-refractivity contribution >= 4 is 11.9 Å². The number of methoxy groups -OCH3 is 1. The van der Waals surface area contributed by atoms with Crippen molar-refractivity contribution in [2.75, 3.05) is 20.7 Å². The van der Waals surface area contributed by atoms with E-state index in [2.05, 4.69) is 17.6 Å². The van der Waals surface area contributed by atoms with Crippen LogP contribution in [0.3, 0.4) is 0 Å². The highest BCUT2D eigenvalue weighted by Crippen LogP contribution is 2.27. The Labute approximate surface area is 156 Å². The average Bonchev–Trinajstić information content (AvgIpc) is 2.62. The normalized spacial score (nSPS) is 21.1. The first-order valence-electron chi connectivity index (χ1n) is 9.36. The van der Waals surface area contributed by atoms with Gasteiger partial charge < -0.3 is 10.1 Å². The molecule has 2 rings (SSSR count). The Bertz CT molecular complexity index is 620. The molecule has 1 aliphatic carbocycles. The molecule has 26 heavy (non-hydrogen) atoms. The van der Waals surface area contributed by atoms with Crippen LogP contribution in [0.2, 0.25) is 0 Å². The van der Waals surface area contributed by atoms with Crippen LogP contribution >= 0.6 is 0 Å². The van der Waals surface area contributed by atoms with Crippen molar-refractivity contribution in [3.05, 3.63) is 29.8 Å². The predicted molar refractivity (Wildman–Crippen MR) is 102 cm³/mol. The molecule has 0 spiro atoms. The lowest BCUT2D eigenvalue weighted by molar-refractivity contribution is -0.121. The number of para-hydroxylation sites is 1. The van der Waals surface area contributed by atoms with Gasteiger partial charge in [-0.15, -0.1) is 0 Å². The number of urea groups is 1. The third-order valence-electron chi connectivity index (χ3n) is 5.32. The second-order valence-corrected chi connectivity index (χ2v) is 7.22. The van der Waals surface area contributed by atoms with E-state index in [9.17, 15) is 9.59 Å². The van der Waals surface area contributed by atoms with Gasteiger partial charge in [-0.25, -0.2) is 4.79 Å². The summed E-state index contributed by atoms with van der Waals surface area (Å²) in [5.74, 6) is 0.935. The lowest BCUT2D eigenvalue weighted by Gasteiger charge is -2.29. The van der Waals surface area contributed by atoms with Gasteiger partial charge in [0.05, 0.1) is 13.7 Å². The lowest BCUT2D eigenvalue weighted by atomic mass is 9.86. The topological polar surface area (TPSA) is 70.7 Å². The van der Waals surface area contributed by atoms with E-state index in [0.29, 0.717) is 5.92 Å². The van der Waals surface area contributed by atoms with E-state index >= 15 is 0 Å². The lowest BCUT2D eigenvalue weighted by Crippen LogP contribution is -2.49. The molecule has 1 aliphatic rings. The van der Waals surface area contributed by atoms with E-state index in [1.165, 1.54) is 6.42 Å². The summed E-state index contributed by atoms with van der Waals surface area (Å²) in [7, 11) is 3.49. The zero-order valence-corrected chi connectivity index (χ0v) is 16.2. The summed E-state index contributed by atoms with van der Waals surface area (Å²) in [6.07, 6.45) is 4.44. The van der Waals surface area contributed by atoms with Crippen molar-refractivity contribution in [1.29, 1.82) is 0 Å². The van der Waals surface area contributed by atoms with E-state index < -0.39 is 6.03 Å². The van der Waals surface area contributed by atoms with Gasteiger partial charge in [0.2, 0.25) is 5.91 Å². The molecule has 0 heterocycles. The van der Waals surface area contributed by atoms with Crippen LogP contribution in [0.15, 0.2) is 24.3 Å². The Kier molecular flexibility index (Phi) is 7.45. The molecule has 144 valence electrons. The first kappa shape index (κ1) is 20.2. The Hall–Kier alpha value is -2.08. The molecule has 0 aliphatic heterocycles. The van der Waals surface area contributed by atoms with Gasteiger partial charge in [0.25, 0.3) is 0 Å². The molecule has 1 fully saturated rings. The van der Waals surface area contributed by atoms with Crippen molar-refractivity contribution in [2.24, 2.45) is 5.92 Å². The first-order chi connectivity index (χ1) is 12.4. The highest BCUT2D eigenvalue weighted by atomic mass is 16.5. The fourth-order valence-corrected chi connectivity index (χ4v) is 3.51. The number of hydrogen-bond donors (Lipinski definition) is 2. The maximum atomic E-state index is 12.2. The molecular weight excluding hydrogens is 330 g/mol. The maximum absolute atomic E-state index is 12.2. The van der Waals surface area contributed by atoms with Gasteiger partial charge in [-0.3, -0.25) is 15.0 Å². The molecule has 1 saturated carbocycles. The molecule has 0 saturated heterocycles. The van der Waals surface area contributed by atoms with E-state index in [1.807, 2.05) is 43.1 Å². The molecule has 3 amide bonds. The summed E-state index contributed by atoms with van der Waals surface area (Å²) < 4.78 is 5.39. The molecule has 6 heteroatoms. The SMILES string of the molecule is COc1ccccc1C(C)N(C)CC(=O)NC(=O)NC1CCCCC1C. The summed E-state index contributed by atoms with van der Waals surface area (Å²) in [5, 5.41) is 5.39. The van der Waals surface area contributed by atoms with Gasteiger partial charge in [-0.2, -0.15) is 0 Å². The minimum absolute atomic E-state index is 0.0154. The Morgan fingerprint density at radius 1 is 1.27 bits per heavy atom. The molecule has 1 aromatic carbocycles. The summed E-state index contributed by atoms with van der Waals surface area (Å²) in [4.78, 5) is 26.2. The maximum Gasteiger partial charge on any atom is 0.321 e. The minimum Gasteiger partial charge on any atom is -0.496 e. The fraction of sp³-hybridized carbons (Fsp3) is 0.600. The van der Waals surface area contributed by atoms with Gasteiger partial charge in [0.15, 0.2) is 0 Å². The fourth-order valence-electron chi connectivity index (χ4n) is 3.51. The highest BCUT2D eigenvalue weighted by Gasteiger charge is 2.24. The first-order valence-corrected chi connectivity index (χ1v) is 9.36. The Morgan fingerprint density at radius 3 is 2.65 bits per heavy atom. The van der Waals surface area contributed by atoms with Gasteiger partial charge in [0, 0.05) is 17.6 Å². The van der Waals surface area contributed by atoms with Crippen molar-refractivity contribution in [3.63, 3.8) is 0 Å². The Morgan fingerprint density at radius 2 is 1.96 bits per heavy atom. The molecular formula is C20H31N3O3. The number of hydrogen-bond acceptors (Lipinski definition) is 4. The van der Waals surface area contributed by atoms with Crippen molar-refractivity contribution in [1.82, 2.24) is 15.5 Å². The van der Waals surface area contributed by atoms with Crippen molar-refractivity contribution in [3.8, 4) is 5.75 Å². The van der Waals surface area contributed by atoms with Crippen LogP contribution in [0.1, 0.15) is 51.1 Å². The number of nitrogens with zero attached hydrogens (tertiary/aromatic N) is 1. The summed E-state index contributed by atoms with van der Waals surface area (Å²) in [5.41, 5.74) is 1.01. The number of imide groups is 1. The quantitative estimate of drug-likeness (QED) is 0.817. The number of nitrogens with one attached hydrogen (secondary N) is 2. The van der Waals surface area contributed by atoms with E-state index in [1.54, 1.807) is 7.11 Å². The molecule has 1 aromatic rings. The van der Waals surface area contributed by atoms with Gasteiger partial charge in [-0.1, -0.05) is 38.0 Å². The van der Waals surface area contributed by atoms with Gasteiger partial charge in [0.1, 0.15) is 5.75 Å². The van der Waals surface area contributed by atoms with E-state index in [0.717, 1.165) is 30.6 Å². The number of carbonyl (C=O) groups is 2. The molecule has 2 N–H and O–H groups in total. The third-order valence-corrected chi connectivity index (χ3v) is 5.32. The predicted octanol–water partition coefficient (Wildman–Crippen LogP) is 3.09. The number of amides is 3. The standard InChI is InChI=1S/C20H31N3O3/c1-14-9-5-7-11-17(14)21-20(25)22-19(24)13-23(3)15(2)16-10-6-8-12-18(16)26-4/h6,8,10,12,14-15,17H,5,7,9,11,13H2,1-4H3,(H2,21,22,24,25). The van der Waals surface area contributed by atoms with Crippen LogP contribution < -0.4 is 15.4 Å². The van der Waals surface area contributed by atoms with Crippen LogP contribution in [0.4, 0.5) is 4.79 Å². The van der Waals surface area contributed by atoms with Crippen LogP contribution in [0.25, 0.3) is 0 Å². The van der Waals surface area contributed by atoms with E-state index in [-0.39, 0.29) is 24.5 Å². The van der Waals surface area contributed by atoms with Gasteiger partial charge in [-0.05, 0) is 38.8 Å². The van der Waals surface area contributed by atoms with Crippen LogP contribution in [-0.4, -0.2) is 43.6 Å². The molecule has 3 unspecified atom stereocenters. The summed E-state index contributed by atoms with van der Waals surface area (Å²) in [6, 6.07) is 7.49. The van der Waals surface area contributed by atoms with Crippen LogP contribution in [0.5, 0.6) is 5.75 Å². The molecule has 6 nitrogen and oxygen atoms in total. The average molecular weight is 361 g/mol. The number of carbonyl (C=O) groups excluding carboxylic acids is 2. The third kappa shape index (κ3) is 5.46. The summed E-state index contributed by atoms with van der Waals surface area (Å²) in [6.45, 7) is 4.29. The second-order valence-electron chi connectivity index (χ2n) is 7.22. The minimum atomic E-state index is -0.396.